The van der Waals surface area contributed by atoms with E-state index in [-0.39, 0.29) is 5.41 Å². The van der Waals surface area contributed by atoms with Gasteiger partial charge in [-0.05, 0) is 66.5 Å². The summed E-state index contributed by atoms with van der Waals surface area (Å²) in [7, 11) is 0. The van der Waals surface area contributed by atoms with Crippen LogP contribution in [0, 0.1) is 6.92 Å². The van der Waals surface area contributed by atoms with Crippen LogP contribution in [-0.4, -0.2) is 17.8 Å². The Bertz CT molecular complexity index is 750. The molecule has 2 aromatic rings. The molecule has 2 aliphatic rings. The zero-order chi connectivity index (χ0) is 14.6. The molecule has 1 saturated heterocycles. The number of hydrogen-bond acceptors (Lipinski definition) is 1. The summed E-state index contributed by atoms with van der Waals surface area (Å²) in [6.07, 6.45) is 2.22. The first-order chi connectivity index (χ1) is 10.1. The minimum atomic E-state index is 0.185. The van der Waals surface area contributed by atoms with E-state index in [9.17, 15) is 0 Å². The van der Waals surface area contributed by atoms with Crippen molar-refractivity contribution in [1.82, 2.24) is 4.57 Å². The van der Waals surface area contributed by atoms with E-state index < -0.39 is 0 Å². The van der Waals surface area contributed by atoms with Crippen LogP contribution in [0.2, 0.25) is 0 Å². The Morgan fingerprint density at radius 2 is 1.86 bits per heavy atom. The summed E-state index contributed by atoms with van der Waals surface area (Å²) in [6.45, 7) is 7.38. The molecular formula is C18H20INO. The van der Waals surface area contributed by atoms with Crippen LogP contribution in [0.4, 0.5) is 0 Å². The zero-order valence-electron chi connectivity index (χ0n) is 12.6. The maximum Gasteiger partial charge on any atom is 0.0488 e. The fourth-order valence-electron chi connectivity index (χ4n) is 4.25. The smallest absolute Gasteiger partial charge is 0.0488 e. The topological polar surface area (TPSA) is 14.2 Å². The largest absolute Gasteiger partial charge is 0.381 e. The van der Waals surface area contributed by atoms with Crippen molar-refractivity contribution in [3.8, 4) is 0 Å². The summed E-state index contributed by atoms with van der Waals surface area (Å²) in [5, 5.41) is 1.41. The summed E-state index contributed by atoms with van der Waals surface area (Å²) in [5.41, 5.74) is 6.10. The van der Waals surface area contributed by atoms with Gasteiger partial charge in [-0.1, -0.05) is 18.2 Å². The highest BCUT2D eigenvalue weighted by Gasteiger charge is 2.44. The Balaban J connectivity index is 2.07. The van der Waals surface area contributed by atoms with Crippen molar-refractivity contribution in [2.45, 2.75) is 38.6 Å². The third-order valence-corrected chi connectivity index (χ3v) is 7.17. The summed E-state index contributed by atoms with van der Waals surface area (Å²) in [5.74, 6) is 0. The minimum Gasteiger partial charge on any atom is -0.381 e. The average molecular weight is 393 g/mol. The van der Waals surface area contributed by atoms with E-state index in [0.717, 1.165) is 32.6 Å². The van der Waals surface area contributed by atoms with Crippen molar-refractivity contribution in [2.75, 3.05) is 13.2 Å². The molecule has 0 amide bonds. The molecule has 3 heterocycles. The van der Waals surface area contributed by atoms with Gasteiger partial charge in [-0.15, -0.1) is 0 Å². The number of para-hydroxylation sites is 1. The lowest BCUT2D eigenvalue weighted by Gasteiger charge is -2.42. The van der Waals surface area contributed by atoms with E-state index in [1.807, 2.05) is 0 Å². The van der Waals surface area contributed by atoms with E-state index in [2.05, 4.69) is 65.3 Å². The molecule has 0 N–H and O–H groups in total. The number of aryl methyl sites for hydroxylation is 1. The third kappa shape index (κ3) is 1.80. The van der Waals surface area contributed by atoms with Crippen molar-refractivity contribution in [3.05, 3.63) is 44.7 Å². The van der Waals surface area contributed by atoms with Gasteiger partial charge in [-0.3, -0.25) is 0 Å². The number of allylic oxidation sites excluding steroid dienone is 2. The highest BCUT2D eigenvalue weighted by molar-refractivity contribution is 14.1. The van der Waals surface area contributed by atoms with Gasteiger partial charge in [0, 0.05) is 45.4 Å². The van der Waals surface area contributed by atoms with Gasteiger partial charge in [0.05, 0.1) is 0 Å². The first-order valence-corrected chi connectivity index (χ1v) is 8.75. The van der Waals surface area contributed by atoms with Crippen LogP contribution in [-0.2, 0) is 16.7 Å². The number of ether oxygens (including phenoxy) is 1. The molecular weight excluding hydrogens is 373 g/mol. The first-order valence-electron chi connectivity index (χ1n) is 7.67. The maximum absolute atomic E-state index is 5.67. The van der Waals surface area contributed by atoms with Crippen molar-refractivity contribution in [3.63, 3.8) is 0 Å². The molecule has 1 aromatic heterocycles. The number of fused-ring (bicyclic) bond motifs is 4. The molecule has 3 heteroatoms. The molecule has 1 aromatic carbocycles. The molecule has 2 nitrogen and oxygen atoms in total. The van der Waals surface area contributed by atoms with Crippen molar-refractivity contribution >= 4 is 33.5 Å². The van der Waals surface area contributed by atoms with Gasteiger partial charge in [0.1, 0.15) is 0 Å². The van der Waals surface area contributed by atoms with Gasteiger partial charge in [0.2, 0.25) is 0 Å². The second-order valence-corrected chi connectivity index (χ2v) is 7.44. The maximum atomic E-state index is 5.67. The van der Waals surface area contributed by atoms with Crippen molar-refractivity contribution in [1.29, 1.82) is 0 Å². The predicted octanol–water partition coefficient (Wildman–Crippen LogP) is 4.72. The van der Waals surface area contributed by atoms with Crippen LogP contribution in [0.15, 0.2) is 33.4 Å². The molecule has 1 fully saturated rings. The van der Waals surface area contributed by atoms with Gasteiger partial charge >= 0.3 is 0 Å². The van der Waals surface area contributed by atoms with Crippen LogP contribution < -0.4 is 0 Å². The van der Waals surface area contributed by atoms with Crippen LogP contribution in [0.1, 0.15) is 31.0 Å². The number of hydrogen-bond donors (Lipinski definition) is 0. The molecule has 0 bridgehead atoms. The Morgan fingerprint density at radius 3 is 2.62 bits per heavy atom. The van der Waals surface area contributed by atoms with Crippen LogP contribution in [0.5, 0.6) is 0 Å². The van der Waals surface area contributed by atoms with Crippen LogP contribution in [0.25, 0.3) is 10.9 Å². The Morgan fingerprint density at radius 1 is 1.14 bits per heavy atom. The van der Waals surface area contributed by atoms with Gasteiger partial charge in [0.25, 0.3) is 0 Å². The third-order valence-electron chi connectivity index (χ3n) is 5.21. The first kappa shape index (κ1) is 13.8. The number of benzene rings is 1. The number of halogens is 1. The monoisotopic (exact) mass is 393 g/mol. The second-order valence-electron chi connectivity index (χ2n) is 6.37. The Labute approximate surface area is 139 Å². The van der Waals surface area contributed by atoms with Crippen molar-refractivity contribution in [2.24, 2.45) is 0 Å². The highest BCUT2D eigenvalue weighted by atomic mass is 127. The van der Waals surface area contributed by atoms with E-state index in [1.165, 1.54) is 22.0 Å². The molecule has 1 spiro atoms. The standard InChI is InChI=1S/C18H20INO/c1-12-11-20-15-6-4-3-5-14(15)13(2)17(20)18(16(12)19)7-9-21-10-8-18/h3-6H,7-11H2,1-2H3. The zero-order valence-corrected chi connectivity index (χ0v) is 14.7. The molecule has 2 aliphatic heterocycles. The summed E-state index contributed by atoms with van der Waals surface area (Å²) in [4.78, 5) is 0. The van der Waals surface area contributed by atoms with Gasteiger partial charge in [-0.2, -0.15) is 0 Å². The summed E-state index contributed by atoms with van der Waals surface area (Å²) in [6, 6.07) is 8.85. The molecule has 0 aliphatic carbocycles. The van der Waals surface area contributed by atoms with E-state index >= 15 is 0 Å². The van der Waals surface area contributed by atoms with E-state index in [4.69, 9.17) is 4.74 Å². The molecule has 21 heavy (non-hydrogen) atoms. The Kier molecular flexibility index (Phi) is 3.19. The summed E-state index contributed by atoms with van der Waals surface area (Å²) >= 11 is 2.60. The summed E-state index contributed by atoms with van der Waals surface area (Å²) < 4.78 is 9.79. The molecule has 0 atom stereocenters. The number of rotatable bonds is 0. The van der Waals surface area contributed by atoms with Crippen LogP contribution in [0.3, 0.4) is 0 Å². The quantitative estimate of drug-likeness (QED) is 0.591. The molecule has 0 saturated carbocycles. The highest BCUT2D eigenvalue weighted by Crippen LogP contribution is 2.51. The molecule has 0 unspecified atom stereocenters. The number of aromatic nitrogens is 1. The van der Waals surface area contributed by atoms with Gasteiger partial charge in [0.15, 0.2) is 0 Å². The van der Waals surface area contributed by atoms with Gasteiger partial charge < -0.3 is 9.30 Å². The lowest BCUT2D eigenvalue weighted by molar-refractivity contribution is 0.0611. The van der Waals surface area contributed by atoms with E-state index in [0.29, 0.717) is 0 Å². The number of nitrogens with zero attached hydrogens (tertiary/aromatic N) is 1. The SMILES string of the molecule is CC1=C(I)C2(CCOCC2)c2c(C)c3ccccc3n2C1. The van der Waals surface area contributed by atoms with Gasteiger partial charge in [-0.25, -0.2) is 0 Å². The average Bonchev–Trinajstić information content (AvgIpc) is 2.80. The lowest BCUT2D eigenvalue weighted by Crippen LogP contribution is -2.40. The van der Waals surface area contributed by atoms with E-state index in [1.54, 1.807) is 9.27 Å². The second kappa shape index (κ2) is 4.85. The fourth-order valence-corrected chi connectivity index (χ4v) is 5.22. The minimum absolute atomic E-state index is 0.185. The van der Waals surface area contributed by atoms with Crippen LogP contribution >= 0.6 is 22.6 Å². The molecule has 4 rings (SSSR count). The predicted molar refractivity (Wildman–Crippen MR) is 95.1 cm³/mol. The Hall–Kier alpha value is -0.810. The van der Waals surface area contributed by atoms with Crippen molar-refractivity contribution < 1.29 is 4.74 Å². The normalized spacial score (nSPS) is 21.1. The molecule has 0 radical (unpaired) electrons. The fraction of sp³-hybridized carbons (Fsp3) is 0.444. The molecule has 110 valence electrons. The lowest BCUT2D eigenvalue weighted by atomic mass is 9.73.